The van der Waals surface area contributed by atoms with Crippen LogP contribution in [0.2, 0.25) is 0 Å². The maximum absolute atomic E-state index is 5.82. The van der Waals surface area contributed by atoms with Gasteiger partial charge in [0.15, 0.2) is 5.96 Å². The number of hydrogen-bond acceptors (Lipinski definition) is 2. The Morgan fingerprint density at radius 3 is 2.79 bits per heavy atom. The summed E-state index contributed by atoms with van der Waals surface area (Å²) in [4.78, 5) is 4.34. The third kappa shape index (κ3) is 6.79. The zero-order valence-corrected chi connectivity index (χ0v) is 14.6. The van der Waals surface area contributed by atoms with E-state index in [1.165, 1.54) is 0 Å². The van der Waals surface area contributed by atoms with Gasteiger partial charge in [0.25, 0.3) is 0 Å². The van der Waals surface area contributed by atoms with E-state index < -0.39 is 0 Å². The summed E-state index contributed by atoms with van der Waals surface area (Å²) in [5, 5.41) is 7.51. The second-order valence-corrected chi connectivity index (χ2v) is 4.94. The van der Waals surface area contributed by atoms with E-state index in [0.717, 1.165) is 30.6 Å². The van der Waals surface area contributed by atoms with E-state index in [1.807, 2.05) is 17.9 Å². The summed E-state index contributed by atoms with van der Waals surface area (Å²) in [6.45, 7) is 7.95. The molecule has 1 rings (SSSR count). The van der Waals surface area contributed by atoms with E-state index in [4.69, 9.17) is 5.73 Å². The van der Waals surface area contributed by atoms with Gasteiger partial charge in [-0.05, 0) is 18.8 Å². The highest BCUT2D eigenvalue weighted by Crippen LogP contribution is 2.08. The molecular formula is C13H26IN5. The smallest absolute Gasteiger partial charge is 0.188 e. The molecular weight excluding hydrogens is 353 g/mol. The van der Waals surface area contributed by atoms with Crippen molar-refractivity contribution in [2.24, 2.45) is 23.7 Å². The van der Waals surface area contributed by atoms with Gasteiger partial charge in [-0.25, -0.2) is 4.99 Å². The van der Waals surface area contributed by atoms with E-state index >= 15 is 0 Å². The second kappa shape index (κ2) is 9.17. The molecule has 3 N–H and O–H groups in total. The van der Waals surface area contributed by atoms with Crippen LogP contribution < -0.4 is 11.1 Å². The van der Waals surface area contributed by atoms with Crippen molar-refractivity contribution >= 4 is 29.9 Å². The zero-order chi connectivity index (χ0) is 13.5. The quantitative estimate of drug-likeness (QED) is 0.452. The van der Waals surface area contributed by atoms with Gasteiger partial charge >= 0.3 is 0 Å². The topological polar surface area (TPSA) is 68.2 Å². The molecule has 5 nitrogen and oxygen atoms in total. The van der Waals surface area contributed by atoms with Gasteiger partial charge in [0.2, 0.25) is 0 Å². The molecule has 19 heavy (non-hydrogen) atoms. The molecule has 1 aromatic heterocycles. The molecule has 1 heterocycles. The SMILES string of the molecule is CCc1nn(C)cc1CN=C(N)NCCC(C)C.I. The lowest BCUT2D eigenvalue weighted by molar-refractivity contribution is 0.576. The van der Waals surface area contributed by atoms with Crippen molar-refractivity contribution in [3.8, 4) is 0 Å². The first-order valence-corrected chi connectivity index (χ1v) is 6.58. The van der Waals surface area contributed by atoms with Crippen LogP contribution in [0, 0.1) is 5.92 Å². The van der Waals surface area contributed by atoms with E-state index in [2.05, 4.69) is 36.2 Å². The first-order chi connectivity index (χ1) is 8.52. The van der Waals surface area contributed by atoms with Crippen LogP contribution in [-0.2, 0) is 20.0 Å². The first-order valence-electron chi connectivity index (χ1n) is 6.58. The Morgan fingerprint density at radius 2 is 2.21 bits per heavy atom. The number of rotatable bonds is 6. The fourth-order valence-corrected chi connectivity index (χ4v) is 1.73. The van der Waals surface area contributed by atoms with E-state index in [-0.39, 0.29) is 24.0 Å². The highest BCUT2D eigenvalue weighted by Gasteiger charge is 2.04. The largest absolute Gasteiger partial charge is 0.370 e. The molecule has 0 bridgehead atoms. The number of halogens is 1. The fourth-order valence-electron chi connectivity index (χ4n) is 1.73. The molecule has 0 spiro atoms. The third-order valence-corrected chi connectivity index (χ3v) is 2.77. The Hall–Kier alpha value is -0.790. The van der Waals surface area contributed by atoms with E-state index in [1.54, 1.807) is 0 Å². The maximum Gasteiger partial charge on any atom is 0.188 e. The van der Waals surface area contributed by atoms with Crippen molar-refractivity contribution in [2.75, 3.05) is 6.54 Å². The molecule has 0 unspecified atom stereocenters. The van der Waals surface area contributed by atoms with Crippen molar-refractivity contribution in [2.45, 2.75) is 40.2 Å². The molecule has 0 saturated carbocycles. The summed E-state index contributed by atoms with van der Waals surface area (Å²) < 4.78 is 1.83. The van der Waals surface area contributed by atoms with Gasteiger partial charge in [-0.15, -0.1) is 24.0 Å². The fraction of sp³-hybridized carbons (Fsp3) is 0.692. The molecule has 110 valence electrons. The summed E-state index contributed by atoms with van der Waals surface area (Å²) in [6.07, 6.45) is 4.03. The van der Waals surface area contributed by atoms with Gasteiger partial charge in [0, 0.05) is 25.4 Å². The second-order valence-electron chi connectivity index (χ2n) is 4.94. The molecule has 6 heteroatoms. The molecule has 0 fully saturated rings. The molecule has 0 atom stereocenters. The predicted molar refractivity (Wildman–Crippen MR) is 90.8 cm³/mol. The van der Waals surface area contributed by atoms with Gasteiger partial charge in [0.1, 0.15) is 0 Å². The first kappa shape index (κ1) is 18.2. The zero-order valence-electron chi connectivity index (χ0n) is 12.3. The highest BCUT2D eigenvalue weighted by atomic mass is 127. The van der Waals surface area contributed by atoms with Gasteiger partial charge in [-0.2, -0.15) is 5.10 Å². The van der Waals surface area contributed by atoms with E-state index in [9.17, 15) is 0 Å². The van der Waals surface area contributed by atoms with Crippen molar-refractivity contribution in [3.05, 3.63) is 17.5 Å². The average Bonchev–Trinajstić information content (AvgIpc) is 2.66. The molecule has 0 saturated heterocycles. The Kier molecular flexibility index (Phi) is 8.79. The normalized spacial score (nSPS) is 11.5. The number of aryl methyl sites for hydroxylation is 2. The number of aromatic nitrogens is 2. The Labute approximate surface area is 133 Å². The highest BCUT2D eigenvalue weighted by molar-refractivity contribution is 14.0. The Morgan fingerprint density at radius 1 is 1.53 bits per heavy atom. The monoisotopic (exact) mass is 379 g/mol. The molecule has 0 aromatic carbocycles. The summed E-state index contributed by atoms with van der Waals surface area (Å²) in [5.41, 5.74) is 8.06. The summed E-state index contributed by atoms with van der Waals surface area (Å²) in [6, 6.07) is 0. The maximum atomic E-state index is 5.82. The number of aliphatic imine (C=N–C) groups is 1. The lowest BCUT2D eigenvalue weighted by atomic mass is 10.1. The standard InChI is InChI=1S/C13H25N5.HI/c1-5-12-11(9-18(4)17-12)8-16-13(14)15-7-6-10(2)3;/h9-10H,5-8H2,1-4H3,(H3,14,15,16);1H. The van der Waals surface area contributed by atoms with Crippen LogP contribution in [0.25, 0.3) is 0 Å². The van der Waals surface area contributed by atoms with Crippen LogP contribution in [0.1, 0.15) is 38.4 Å². The van der Waals surface area contributed by atoms with Gasteiger partial charge in [-0.3, -0.25) is 4.68 Å². The lowest BCUT2D eigenvalue weighted by Crippen LogP contribution is -2.32. The van der Waals surface area contributed by atoms with Gasteiger partial charge < -0.3 is 11.1 Å². The lowest BCUT2D eigenvalue weighted by Gasteiger charge is -2.07. The van der Waals surface area contributed by atoms with Crippen molar-refractivity contribution < 1.29 is 0 Å². The van der Waals surface area contributed by atoms with Crippen molar-refractivity contribution in [1.29, 1.82) is 0 Å². The van der Waals surface area contributed by atoms with Crippen LogP contribution >= 0.6 is 24.0 Å². The minimum Gasteiger partial charge on any atom is -0.370 e. The summed E-state index contributed by atoms with van der Waals surface area (Å²) in [7, 11) is 1.93. The average molecular weight is 379 g/mol. The van der Waals surface area contributed by atoms with Gasteiger partial charge in [0.05, 0.1) is 12.2 Å². The minimum atomic E-state index is 0. The van der Waals surface area contributed by atoms with Crippen LogP contribution in [0.15, 0.2) is 11.2 Å². The van der Waals surface area contributed by atoms with Gasteiger partial charge in [-0.1, -0.05) is 20.8 Å². The molecule has 0 aliphatic carbocycles. The van der Waals surface area contributed by atoms with Crippen LogP contribution in [0.4, 0.5) is 0 Å². The Bertz CT molecular complexity index is 398. The van der Waals surface area contributed by atoms with Crippen LogP contribution in [-0.4, -0.2) is 22.3 Å². The predicted octanol–water partition coefficient (Wildman–Crippen LogP) is 2.05. The molecule has 1 aromatic rings. The number of guanidine groups is 1. The molecule has 0 amide bonds. The van der Waals surface area contributed by atoms with Crippen molar-refractivity contribution in [3.63, 3.8) is 0 Å². The van der Waals surface area contributed by atoms with Crippen LogP contribution in [0.5, 0.6) is 0 Å². The number of hydrogen-bond donors (Lipinski definition) is 2. The van der Waals surface area contributed by atoms with Crippen LogP contribution in [0.3, 0.4) is 0 Å². The minimum absolute atomic E-state index is 0. The summed E-state index contributed by atoms with van der Waals surface area (Å²) in [5.74, 6) is 1.19. The summed E-state index contributed by atoms with van der Waals surface area (Å²) >= 11 is 0. The molecule has 0 radical (unpaired) electrons. The van der Waals surface area contributed by atoms with Crippen molar-refractivity contribution in [1.82, 2.24) is 15.1 Å². The van der Waals surface area contributed by atoms with E-state index in [0.29, 0.717) is 18.4 Å². The number of nitrogens with one attached hydrogen (secondary N) is 1. The molecule has 0 aliphatic rings. The number of nitrogens with zero attached hydrogens (tertiary/aromatic N) is 3. The Balaban J connectivity index is 0.00000324. The number of nitrogens with two attached hydrogens (primary N) is 1. The molecule has 0 aliphatic heterocycles. The third-order valence-electron chi connectivity index (χ3n) is 2.77.